The normalized spacial score (nSPS) is 14.1. The second kappa shape index (κ2) is 13.3. The first-order valence-corrected chi connectivity index (χ1v) is 14.1. The van der Waals surface area contributed by atoms with Crippen molar-refractivity contribution in [1.29, 1.82) is 0 Å². The van der Waals surface area contributed by atoms with Crippen molar-refractivity contribution in [1.82, 2.24) is 5.32 Å². The molecule has 0 unspecified atom stereocenters. The Morgan fingerprint density at radius 2 is 1.58 bits per heavy atom. The molecule has 1 aliphatic heterocycles. The van der Waals surface area contributed by atoms with Crippen molar-refractivity contribution in [2.45, 2.75) is 20.1 Å². The Bertz CT molecular complexity index is 1690. The molecule has 1 aliphatic rings. The van der Waals surface area contributed by atoms with E-state index in [1.807, 2.05) is 30.3 Å². The SMILES string of the molecule is CCOc1cc(/C=C2\C(=O)NC(=O)N(c3ccc(OCc4ccccc4)cc3)C2=O)cc(Br)c1OCc1ccccc1F. The molecule has 0 saturated carbocycles. The number of urea groups is 1. The van der Waals surface area contributed by atoms with E-state index in [-0.39, 0.29) is 17.9 Å². The third kappa shape index (κ3) is 6.92. The van der Waals surface area contributed by atoms with Gasteiger partial charge in [-0.3, -0.25) is 14.9 Å². The van der Waals surface area contributed by atoms with Gasteiger partial charge in [-0.1, -0.05) is 48.5 Å². The number of carbonyl (C=O) groups excluding carboxylic acids is 3. The lowest BCUT2D eigenvalue weighted by atomic mass is 10.1. The number of carbonyl (C=O) groups is 3. The molecule has 0 radical (unpaired) electrons. The molecule has 0 aromatic heterocycles. The minimum atomic E-state index is -0.863. The minimum absolute atomic E-state index is 0.0418. The molecule has 10 heteroatoms. The zero-order valence-corrected chi connectivity index (χ0v) is 24.6. The number of nitrogens with zero attached hydrogens (tertiary/aromatic N) is 1. The molecule has 0 spiro atoms. The number of anilines is 1. The van der Waals surface area contributed by atoms with Gasteiger partial charge in [0.05, 0.1) is 16.8 Å². The smallest absolute Gasteiger partial charge is 0.335 e. The van der Waals surface area contributed by atoms with E-state index in [4.69, 9.17) is 14.2 Å². The van der Waals surface area contributed by atoms with E-state index in [1.165, 1.54) is 12.1 Å². The van der Waals surface area contributed by atoms with Gasteiger partial charge < -0.3 is 14.2 Å². The molecule has 43 heavy (non-hydrogen) atoms. The Kier molecular flexibility index (Phi) is 9.17. The molecule has 0 atom stereocenters. The van der Waals surface area contributed by atoms with E-state index >= 15 is 0 Å². The zero-order valence-electron chi connectivity index (χ0n) is 23.0. The molecule has 4 aromatic carbocycles. The lowest BCUT2D eigenvalue weighted by molar-refractivity contribution is -0.122. The number of halogens is 2. The van der Waals surface area contributed by atoms with E-state index in [2.05, 4.69) is 21.2 Å². The highest BCUT2D eigenvalue weighted by atomic mass is 79.9. The molecular formula is C33H26BrFN2O6. The number of ether oxygens (including phenoxy) is 3. The summed E-state index contributed by atoms with van der Waals surface area (Å²) in [6.07, 6.45) is 1.36. The monoisotopic (exact) mass is 644 g/mol. The Labute approximate surface area is 255 Å². The highest BCUT2D eigenvalue weighted by molar-refractivity contribution is 9.10. The largest absolute Gasteiger partial charge is 0.490 e. The molecular weight excluding hydrogens is 619 g/mol. The number of imide groups is 2. The fourth-order valence-electron chi connectivity index (χ4n) is 4.33. The summed E-state index contributed by atoms with van der Waals surface area (Å²) >= 11 is 3.46. The van der Waals surface area contributed by atoms with Crippen LogP contribution in [0.4, 0.5) is 14.9 Å². The Morgan fingerprint density at radius 3 is 2.30 bits per heavy atom. The fourth-order valence-corrected chi connectivity index (χ4v) is 4.90. The van der Waals surface area contributed by atoms with Gasteiger partial charge >= 0.3 is 6.03 Å². The van der Waals surface area contributed by atoms with Crippen LogP contribution in [0.3, 0.4) is 0 Å². The van der Waals surface area contributed by atoms with Crippen molar-refractivity contribution in [2.75, 3.05) is 11.5 Å². The topological polar surface area (TPSA) is 94.2 Å². The molecule has 218 valence electrons. The van der Waals surface area contributed by atoms with E-state index in [0.29, 0.717) is 46.1 Å². The van der Waals surface area contributed by atoms with E-state index in [1.54, 1.807) is 61.5 Å². The van der Waals surface area contributed by atoms with Crippen molar-refractivity contribution < 1.29 is 33.0 Å². The van der Waals surface area contributed by atoms with Gasteiger partial charge in [0.15, 0.2) is 11.5 Å². The van der Waals surface area contributed by atoms with Crippen LogP contribution in [0.25, 0.3) is 6.08 Å². The second-order valence-electron chi connectivity index (χ2n) is 9.37. The molecule has 8 nitrogen and oxygen atoms in total. The van der Waals surface area contributed by atoms with Crippen molar-refractivity contribution >= 4 is 45.5 Å². The molecule has 4 amide bonds. The summed E-state index contributed by atoms with van der Waals surface area (Å²) in [4.78, 5) is 39.8. The second-order valence-corrected chi connectivity index (χ2v) is 10.2. The summed E-state index contributed by atoms with van der Waals surface area (Å²) in [7, 11) is 0. The van der Waals surface area contributed by atoms with Crippen LogP contribution in [-0.2, 0) is 22.8 Å². The van der Waals surface area contributed by atoms with Gasteiger partial charge in [-0.2, -0.15) is 0 Å². The number of nitrogens with one attached hydrogen (secondary N) is 1. The van der Waals surface area contributed by atoms with Crippen LogP contribution in [0, 0.1) is 5.82 Å². The standard InChI is InChI=1S/C33H26BrFN2O6/c1-2-41-29-18-22(17-27(34)30(29)43-20-23-10-6-7-11-28(23)35)16-26-31(38)36-33(40)37(32(26)39)24-12-14-25(15-13-24)42-19-21-8-4-3-5-9-21/h3-18H,2,19-20H2,1H3,(H,36,38,40)/b26-16+. The van der Waals surface area contributed by atoms with Crippen LogP contribution >= 0.6 is 15.9 Å². The van der Waals surface area contributed by atoms with E-state index < -0.39 is 23.7 Å². The average Bonchev–Trinajstić information content (AvgIpc) is 3.00. The van der Waals surface area contributed by atoms with Crippen LogP contribution in [0.5, 0.6) is 17.2 Å². The molecule has 1 N–H and O–H groups in total. The third-order valence-corrected chi connectivity index (χ3v) is 7.01. The lowest BCUT2D eigenvalue weighted by Gasteiger charge is -2.26. The van der Waals surface area contributed by atoms with Crippen LogP contribution in [0.15, 0.2) is 101 Å². The number of amides is 4. The molecule has 5 rings (SSSR count). The van der Waals surface area contributed by atoms with E-state index in [0.717, 1.165) is 10.5 Å². The van der Waals surface area contributed by atoms with Gasteiger partial charge in [-0.05, 0) is 82.5 Å². The van der Waals surface area contributed by atoms with Crippen LogP contribution in [0.1, 0.15) is 23.6 Å². The predicted octanol–water partition coefficient (Wildman–Crippen LogP) is 6.81. The number of benzene rings is 4. The van der Waals surface area contributed by atoms with Gasteiger partial charge in [-0.25, -0.2) is 14.1 Å². The Hall–Kier alpha value is -4.96. The van der Waals surface area contributed by atoms with Crippen LogP contribution in [0.2, 0.25) is 0 Å². The van der Waals surface area contributed by atoms with Gasteiger partial charge in [0, 0.05) is 5.56 Å². The minimum Gasteiger partial charge on any atom is -0.490 e. The quantitative estimate of drug-likeness (QED) is 0.151. The van der Waals surface area contributed by atoms with Gasteiger partial charge in [0.25, 0.3) is 11.8 Å². The molecule has 0 bridgehead atoms. The van der Waals surface area contributed by atoms with Gasteiger partial charge in [0.2, 0.25) is 0 Å². The summed E-state index contributed by atoms with van der Waals surface area (Å²) in [5.74, 6) is -0.812. The highest BCUT2D eigenvalue weighted by Crippen LogP contribution is 2.38. The molecule has 1 heterocycles. The predicted molar refractivity (Wildman–Crippen MR) is 162 cm³/mol. The summed E-state index contributed by atoms with van der Waals surface area (Å²) in [5.41, 5.74) is 1.81. The van der Waals surface area contributed by atoms with Crippen molar-refractivity contribution in [3.05, 3.63) is 124 Å². The first kappa shape index (κ1) is 29.5. The van der Waals surface area contributed by atoms with E-state index in [9.17, 15) is 18.8 Å². The highest BCUT2D eigenvalue weighted by Gasteiger charge is 2.37. The maximum atomic E-state index is 14.1. The maximum Gasteiger partial charge on any atom is 0.335 e. The summed E-state index contributed by atoms with van der Waals surface area (Å²) in [6.45, 7) is 2.41. The van der Waals surface area contributed by atoms with Crippen molar-refractivity contribution in [3.63, 3.8) is 0 Å². The Morgan fingerprint density at radius 1 is 0.860 bits per heavy atom. The van der Waals surface area contributed by atoms with Crippen molar-refractivity contribution in [2.24, 2.45) is 0 Å². The first-order chi connectivity index (χ1) is 20.8. The first-order valence-electron chi connectivity index (χ1n) is 13.3. The maximum absolute atomic E-state index is 14.1. The van der Waals surface area contributed by atoms with Crippen LogP contribution in [-0.4, -0.2) is 24.5 Å². The molecule has 1 fully saturated rings. The lowest BCUT2D eigenvalue weighted by Crippen LogP contribution is -2.54. The number of rotatable bonds is 10. The molecule has 0 aliphatic carbocycles. The number of barbiturate groups is 1. The summed E-state index contributed by atoms with van der Waals surface area (Å²) < 4.78 is 32.0. The molecule has 4 aromatic rings. The van der Waals surface area contributed by atoms with Gasteiger partial charge in [0.1, 0.15) is 30.4 Å². The Balaban J connectivity index is 1.37. The number of hydrogen-bond donors (Lipinski definition) is 1. The summed E-state index contributed by atoms with van der Waals surface area (Å²) in [6, 6.07) is 24.7. The average molecular weight is 645 g/mol. The molecule has 1 saturated heterocycles. The zero-order chi connectivity index (χ0) is 30.3. The fraction of sp³-hybridized carbons (Fsp3) is 0.121. The van der Waals surface area contributed by atoms with Crippen molar-refractivity contribution in [3.8, 4) is 17.2 Å². The third-order valence-electron chi connectivity index (χ3n) is 6.42. The number of hydrogen-bond acceptors (Lipinski definition) is 6. The summed E-state index contributed by atoms with van der Waals surface area (Å²) in [5, 5.41) is 2.22. The van der Waals surface area contributed by atoms with Gasteiger partial charge in [-0.15, -0.1) is 0 Å². The van der Waals surface area contributed by atoms with Crippen LogP contribution < -0.4 is 24.4 Å².